The fourth-order valence-electron chi connectivity index (χ4n) is 2.75. The number of carbonyl (C=O) groups is 1. The van der Waals surface area contributed by atoms with Crippen molar-refractivity contribution in [2.45, 2.75) is 19.4 Å². The Bertz CT molecular complexity index is 733. The highest BCUT2D eigenvalue weighted by atomic mass is 32.1. The van der Waals surface area contributed by atoms with Crippen molar-refractivity contribution >= 4 is 35.0 Å². The lowest BCUT2D eigenvalue weighted by Crippen LogP contribution is -2.32. The van der Waals surface area contributed by atoms with Gasteiger partial charge in [0.2, 0.25) is 5.91 Å². The molecule has 1 aromatic heterocycles. The van der Waals surface area contributed by atoms with Crippen molar-refractivity contribution < 1.29 is 9.21 Å². The second-order valence-electron chi connectivity index (χ2n) is 5.97. The molecule has 0 aliphatic carbocycles. The Labute approximate surface area is 152 Å². The first-order chi connectivity index (χ1) is 12.2. The molecule has 0 saturated carbocycles. The summed E-state index contributed by atoms with van der Waals surface area (Å²) in [6.45, 7) is 3.35. The van der Waals surface area contributed by atoms with Crippen molar-refractivity contribution in [2.75, 3.05) is 18.4 Å². The molecule has 1 amide bonds. The van der Waals surface area contributed by atoms with Gasteiger partial charge in [-0.15, -0.1) is 0 Å². The molecule has 5 nitrogen and oxygen atoms in total. The van der Waals surface area contributed by atoms with Gasteiger partial charge in [-0.3, -0.25) is 15.0 Å². The number of carbonyl (C=O) groups excluding carboxylic acids is 1. The van der Waals surface area contributed by atoms with Crippen molar-refractivity contribution in [2.24, 2.45) is 0 Å². The van der Waals surface area contributed by atoms with Crippen LogP contribution in [0.2, 0.25) is 0 Å². The Morgan fingerprint density at radius 2 is 1.96 bits per heavy atom. The number of amides is 1. The van der Waals surface area contributed by atoms with E-state index in [1.165, 1.54) is 37.6 Å². The Morgan fingerprint density at radius 1 is 1.20 bits per heavy atom. The van der Waals surface area contributed by atoms with Gasteiger partial charge in [0.1, 0.15) is 5.76 Å². The fourth-order valence-corrected chi connectivity index (χ4v) is 2.97. The van der Waals surface area contributed by atoms with E-state index in [2.05, 4.69) is 27.7 Å². The van der Waals surface area contributed by atoms with Crippen molar-refractivity contribution in [1.82, 2.24) is 10.2 Å². The second kappa shape index (κ2) is 8.60. The summed E-state index contributed by atoms with van der Waals surface area (Å²) >= 11 is 5.17. The van der Waals surface area contributed by atoms with Crippen LogP contribution in [-0.4, -0.2) is 29.0 Å². The molecule has 25 heavy (non-hydrogen) atoms. The molecule has 1 fully saturated rings. The molecule has 2 N–H and O–H groups in total. The first-order valence-electron chi connectivity index (χ1n) is 8.34. The molecule has 0 unspecified atom stereocenters. The Hall–Kier alpha value is -2.44. The number of rotatable bonds is 5. The third-order valence-corrected chi connectivity index (χ3v) is 4.20. The number of furan rings is 1. The van der Waals surface area contributed by atoms with Crippen LogP contribution in [0, 0.1) is 0 Å². The van der Waals surface area contributed by atoms with Crippen molar-refractivity contribution in [3.05, 3.63) is 60.1 Å². The second-order valence-corrected chi connectivity index (χ2v) is 6.38. The van der Waals surface area contributed by atoms with Gasteiger partial charge in [0.25, 0.3) is 0 Å². The first-order valence-corrected chi connectivity index (χ1v) is 8.75. The average molecular weight is 355 g/mol. The van der Waals surface area contributed by atoms with Gasteiger partial charge in [-0.25, -0.2) is 0 Å². The van der Waals surface area contributed by atoms with E-state index in [-0.39, 0.29) is 11.0 Å². The highest BCUT2D eigenvalue weighted by Gasteiger charge is 2.11. The molecule has 1 saturated heterocycles. The predicted octanol–water partition coefficient (Wildman–Crippen LogP) is 3.40. The molecular formula is C19H21N3O2S. The highest BCUT2D eigenvalue weighted by Crippen LogP contribution is 2.15. The smallest absolute Gasteiger partial charge is 0.250 e. The average Bonchev–Trinajstić information content (AvgIpc) is 3.28. The molecule has 1 aromatic carbocycles. The minimum atomic E-state index is -0.306. The Morgan fingerprint density at radius 3 is 2.64 bits per heavy atom. The van der Waals surface area contributed by atoms with Crippen molar-refractivity contribution in [1.29, 1.82) is 0 Å². The number of benzene rings is 1. The summed E-state index contributed by atoms with van der Waals surface area (Å²) < 4.78 is 5.12. The van der Waals surface area contributed by atoms with E-state index in [1.807, 2.05) is 12.1 Å². The van der Waals surface area contributed by atoms with Crippen LogP contribution in [-0.2, 0) is 11.3 Å². The number of hydrogen-bond donors (Lipinski definition) is 2. The zero-order valence-electron chi connectivity index (χ0n) is 13.9. The van der Waals surface area contributed by atoms with Gasteiger partial charge in [-0.1, -0.05) is 12.1 Å². The normalized spacial score (nSPS) is 14.7. The third kappa shape index (κ3) is 5.55. The van der Waals surface area contributed by atoms with E-state index in [9.17, 15) is 4.79 Å². The van der Waals surface area contributed by atoms with Gasteiger partial charge in [-0.05, 0) is 74.1 Å². The van der Waals surface area contributed by atoms with Crippen LogP contribution < -0.4 is 10.6 Å². The largest absolute Gasteiger partial charge is 0.465 e. The van der Waals surface area contributed by atoms with Crippen LogP contribution >= 0.6 is 12.2 Å². The van der Waals surface area contributed by atoms with Crippen LogP contribution in [0.3, 0.4) is 0 Å². The maximum Gasteiger partial charge on any atom is 0.250 e. The van der Waals surface area contributed by atoms with Gasteiger partial charge in [0, 0.05) is 18.3 Å². The number of nitrogens with zero attached hydrogens (tertiary/aromatic N) is 1. The van der Waals surface area contributed by atoms with Gasteiger partial charge in [0.05, 0.1) is 6.26 Å². The molecule has 0 radical (unpaired) electrons. The molecule has 1 aliphatic rings. The lowest BCUT2D eigenvalue weighted by molar-refractivity contribution is -0.115. The van der Waals surface area contributed by atoms with Crippen LogP contribution in [0.15, 0.2) is 53.2 Å². The summed E-state index contributed by atoms with van der Waals surface area (Å²) in [6.07, 6.45) is 7.11. The summed E-state index contributed by atoms with van der Waals surface area (Å²) in [6, 6.07) is 11.6. The molecule has 0 spiro atoms. The van der Waals surface area contributed by atoms with E-state index in [0.717, 1.165) is 12.2 Å². The van der Waals surface area contributed by atoms with Gasteiger partial charge >= 0.3 is 0 Å². The number of thiocarbonyl (C=S) groups is 1. The third-order valence-electron chi connectivity index (χ3n) is 4.00. The summed E-state index contributed by atoms with van der Waals surface area (Å²) in [4.78, 5) is 14.3. The minimum absolute atomic E-state index is 0.265. The van der Waals surface area contributed by atoms with Gasteiger partial charge in [-0.2, -0.15) is 0 Å². The quantitative estimate of drug-likeness (QED) is 0.636. The predicted molar refractivity (Wildman–Crippen MR) is 103 cm³/mol. The lowest BCUT2D eigenvalue weighted by Gasteiger charge is -2.15. The number of hydrogen-bond acceptors (Lipinski definition) is 4. The van der Waals surface area contributed by atoms with E-state index in [4.69, 9.17) is 16.6 Å². The fraction of sp³-hybridized carbons (Fsp3) is 0.263. The molecule has 2 heterocycles. The van der Waals surface area contributed by atoms with Crippen LogP contribution in [0.1, 0.15) is 24.2 Å². The topological polar surface area (TPSA) is 57.5 Å². The molecule has 3 rings (SSSR count). The minimum Gasteiger partial charge on any atom is -0.465 e. The zero-order chi connectivity index (χ0) is 17.5. The molecule has 6 heteroatoms. The van der Waals surface area contributed by atoms with Crippen LogP contribution in [0.5, 0.6) is 0 Å². The van der Waals surface area contributed by atoms with Gasteiger partial charge < -0.3 is 9.73 Å². The Kier molecular flexibility index (Phi) is 5.98. The zero-order valence-corrected chi connectivity index (χ0v) is 14.7. The first kappa shape index (κ1) is 17.4. The summed E-state index contributed by atoms with van der Waals surface area (Å²) in [5.74, 6) is 0.308. The molecular weight excluding hydrogens is 334 g/mol. The maximum absolute atomic E-state index is 11.8. The maximum atomic E-state index is 11.8. The molecule has 2 aromatic rings. The van der Waals surface area contributed by atoms with Crippen LogP contribution in [0.4, 0.5) is 5.69 Å². The van der Waals surface area contributed by atoms with Crippen molar-refractivity contribution in [3.63, 3.8) is 0 Å². The highest BCUT2D eigenvalue weighted by molar-refractivity contribution is 7.80. The van der Waals surface area contributed by atoms with Crippen molar-refractivity contribution in [3.8, 4) is 0 Å². The monoisotopic (exact) mass is 355 g/mol. The van der Waals surface area contributed by atoms with E-state index < -0.39 is 0 Å². The summed E-state index contributed by atoms with van der Waals surface area (Å²) in [5, 5.41) is 5.89. The molecule has 130 valence electrons. The number of anilines is 1. The molecule has 1 aliphatic heterocycles. The van der Waals surface area contributed by atoms with E-state index >= 15 is 0 Å². The lowest BCUT2D eigenvalue weighted by atomic mass is 10.2. The summed E-state index contributed by atoms with van der Waals surface area (Å²) in [7, 11) is 0. The van der Waals surface area contributed by atoms with Gasteiger partial charge in [0.15, 0.2) is 5.11 Å². The Balaban J connectivity index is 1.46. The summed E-state index contributed by atoms with van der Waals surface area (Å²) in [5.41, 5.74) is 2.13. The number of likely N-dealkylation sites (tertiary alicyclic amines) is 1. The van der Waals surface area contributed by atoms with E-state index in [1.54, 1.807) is 24.5 Å². The SMILES string of the molecule is O=C(/C=C/c1ccco1)NC(=S)Nc1ccc(CN2CCCC2)cc1. The van der Waals surface area contributed by atoms with Crippen LogP contribution in [0.25, 0.3) is 6.08 Å². The standard InChI is InChI=1S/C19H21N3O2S/c23-18(10-9-17-4-3-13-24-17)21-19(25)20-16-7-5-15(6-8-16)14-22-11-1-2-12-22/h3-10,13H,1-2,11-12,14H2,(H2,20,21,23,25)/b10-9+. The number of nitrogens with one attached hydrogen (secondary N) is 2. The molecule has 0 bridgehead atoms. The molecule has 0 atom stereocenters. The van der Waals surface area contributed by atoms with E-state index in [0.29, 0.717) is 5.76 Å².